The summed E-state index contributed by atoms with van der Waals surface area (Å²) in [5.41, 5.74) is 0. The van der Waals surface area contributed by atoms with Crippen LogP contribution < -0.4 is 0 Å². The highest BCUT2D eigenvalue weighted by molar-refractivity contribution is 5.72. The molecular weight excluding hydrogens is 274 g/mol. The summed E-state index contributed by atoms with van der Waals surface area (Å²) in [5.74, 6) is -0.683. The standard InChI is InChI=1S/C19H39NO2/c1-4-6-8-10-12-14-16-20(18(3)19(21)22)17-15-13-11-9-7-5-2/h18H,4-17H2,1-3H3,(H,21,22)/t18-/m0/s1. The molecule has 1 atom stereocenters. The molecule has 22 heavy (non-hydrogen) atoms. The molecule has 132 valence electrons. The average molecular weight is 314 g/mol. The third-order valence-electron chi connectivity index (χ3n) is 4.50. The van der Waals surface area contributed by atoms with Crippen LogP contribution >= 0.6 is 0 Å². The monoisotopic (exact) mass is 313 g/mol. The van der Waals surface area contributed by atoms with Crippen molar-refractivity contribution >= 4 is 5.97 Å². The molecule has 0 bridgehead atoms. The maximum absolute atomic E-state index is 11.2. The summed E-state index contributed by atoms with van der Waals surface area (Å²) in [7, 11) is 0. The summed E-state index contributed by atoms with van der Waals surface area (Å²) in [6.45, 7) is 8.17. The number of unbranched alkanes of at least 4 members (excludes halogenated alkanes) is 10. The minimum Gasteiger partial charge on any atom is -0.480 e. The Morgan fingerprint density at radius 1 is 0.773 bits per heavy atom. The number of rotatable bonds is 16. The van der Waals surface area contributed by atoms with E-state index in [9.17, 15) is 9.90 Å². The molecule has 0 unspecified atom stereocenters. The van der Waals surface area contributed by atoms with Crippen LogP contribution in [0.3, 0.4) is 0 Å². The fourth-order valence-electron chi connectivity index (χ4n) is 2.85. The highest BCUT2D eigenvalue weighted by atomic mass is 16.4. The van der Waals surface area contributed by atoms with Crippen LogP contribution in [0, 0.1) is 0 Å². The number of carboxylic acids is 1. The van der Waals surface area contributed by atoms with Gasteiger partial charge >= 0.3 is 5.97 Å². The lowest BCUT2D eigenvalue weighted by Crippen LogP contribution is -2.40. The molecule has 0 heterocycles. The minimum atomic E-state index is -0.683. The smallest absolute Gasteiger partial charge is 0.320 e. The van der Waals surface area contributed by atoms with Crippen LogP contribution in [0.2, 0.25) is 0 Å². The maximum atomic E-state index is 11.2. The van der Waals surface area contributed by atoms with Crippen molar-refractivity contribution in [3.05, 3.63) is 0 Å². The van der Waals surface area contributed by atoms with Crippen LogP contribution in [-0.4, -0.2) is 35.1 Å². The lowest BCUT2D eigenvalue weighted by molar-refractivity contribution is -0.142. The molecule has 3 heteroatoms. The Kier molecular flexibility index (Phi) is 14.9. The van der Waals surface area contributed by atoms with Gasteiger partial charge in [0.25, 0.3) is 0 Å². The fourth-order valence-corrected chi connectivity index (χ4v) is 2.85. The fraction of sp³-hybridized carbons (Fsp3) is 0.947. The van der Waals surface area contributed by atoms with Gasteiger partial charge in [0.05, 0.1) is 0 Å². The summed E-state index contributed by atoms with van der Waals surface area (Å²) < 4.78 is 0. The van der Waals surface area contributed by atoms with Gasteiger partial charge in [-0.25, -0.2) is 0 Å². The van der Waals surface area contributed by atoms with Gasteiger partial charge in [0.2, 0.25) is 0 Å². The van der Waals surface area contributed by atoms with Crippen LogP contribution in [0.4, 0.5) is 0 Å². The number of hydrogen-bond donors (Lipinski definition) is 1. The normalized spacial score (nSPS) is 12.7. The van der Waals surface area contributed by atoms with Crippen molar-refractivity contribution in [3.63, 3.8) is 0 Å². The molecule has 0 aliphatic rings. The molecule has 1 N–H and O–H groups in total. The van der Waals surface area contributed by atoms with Crippen LogP contribution in [0.5, 0.6) is 0 Å². The van der Waals surface area contributed by atoms with Crippen molar-refractivity contribution in [1.29, 1.82) is 0 Å². The van der Waals surface area contributed by atoms with Crippen molar-refractivity contribution in [2.45, 2.75) is 104 Å². The van der Waals surface area contributed by atoms with Gasteiger partial charge in [-0.1, -0.05) is 78.1 Å². The van der Waals surface area contributed by atoms with Crippen molar-refractivity contribution in [2.75, 3.05) is 13.1 Å². The third-order valence-corrected chi connectivity index (χ3v) is 4.50. The van der Waals surface area contributed by atoms with Gasteiger partial charge in [-0.2, -0.15) is 0 Å². The van der Waals surface area contributed by atoms with Crippen molar-refractivity contribution < 1.29 is 9.90 Å². The number of aliphatic carboxylic acids is 1. The van der Waals surface area contributed by atoms with E-state index in [-0.39, 0.29) is 6.04 Å². The quantitative estimate of drug-likeness (QED) is 0.383. The molecule has 0 aromatic carbocycles. The lowest BCUT2D eigenvalue weighted by Gasteiger charge is -2.26. The molecule has 0 rings (SSSR count). The van der Waals surface area contributed by atoms with Crippen LogP contribution in [0.15, 0.2) is 0 Å². The molecule has 0 aromatic heterocycles. The molecular formula is C19H39NO2. The number of carbonyl (C=O) groups is 1. The molecule has 0 fully saturated rings. The number of hydrogen-bond acceptors (Lipinski definition) is 2. The summed E-state index contributed by atoms with van der Waals surface area (Å²) in [6, 6.07) is -0.341. The van der Waals surface area contributed by atoms with Crippen LogP contribution in [-0.2, 0) is 4.79 Å². The van der Waals surface area contributed by atoms with Crippen molar-refractivity contribution in [3.8, 4) is 0 Å². The lowest BCUT2D eigenvalue weighted by atomic mass is 10.1. The maximum Gasteiger partial charge on any atom is 0.320 e. The zero-order chi connectivity index (χ0) is 16.6. The highest BCUT2D eigenvalue weighted by Crippen LogP contribution is 2.11. The predicted molar refractivity (Wildman–Crippen MR) is 95.4 cm³/mol. The molecule has 0 saturated heterocycles. The van der Waals surface area contributed by atoms with E-state index in [0.29, 0.717) is 0 Å². The first-order valence-corrected chi connectivity index (χ1v) is 9.60. The molecule has 0 spiro atoms. The molecule has 0 aromatic rings. The van der Waals surface area contributed by atoms with Gasteiger partial charge < -0.3 is 5.11 Å². The summed E-state index contributed by atoms with van der Waals surface area (Å²) in [5, 5.41) is 9.26. The first-order valence-electron chi connectivity index (χ1n) is 9.60. The molecule has 0 radical (unpaired) electrons. The van der Waals surface area contributed by atoms with E-state index in [1.165, 1.54) is 64.2 Å². The zero-order valence-electron chi connectivity index (χ0n) is 15.3. The van der Waals surface area contributed by atoms with E-state index in [1.54, 1.807) is 0 Å². The predicted octanol–water partition coefficient (Wildman–Crippen LogP) is 5.48. The molecule has 0 aliphatic heterocycles. The van der Waals surface area contributed by atoms with Gasteiger partial charge in [-0.3, -0.25) is 9.69 Å². The van der Waals surface area contributed by atoms with Gasteiger partial charge in [-0.15, -0.1) is 0 Å². The number of carboxylic acid groups (broad SMARTS) is 1. The summed E-state index contributed by atoms with van der Waals surface area (Å²) >= 11 is 0. The Hall–Kier alpha value is -0.570. The van der Waals surface area contributed by atoms with E-state index in [1.807, 2.05) is 6.92 Å². The van der Waals surface area contributed by atoms with E-state index in [4.69, 9.17) is 0 Å². The number of nitrogens with zero attached hydrogens (tertiary/aromatic N) is 1. The SMILES string of the molecule is CCCCCCCCN(CCCCCCCC)[C@@H](C)C(=O)O. The van der Waals surface area contributed by atoms with Crippen LogP contribution in [0.25, 0.3) is 0 Å². The molecule has 3 nitrogen and oxygen atoms in total. The highest BCUT2D eigenvalue weighted by Gasteiger charge is 2.19. The second-order valence-electron chi connectivity index (χ2n) is 6.59. The van der Waals surface area contributed by atoms with E-state index in [0.717, 1.165) is 25.9 Å². The largest absolute Gasteiger partial charge is 0.480 e. The van der Waals surface area contributed by atoms with E-state index >= 15 is 0 Å². The van der Waals surface area contributed by atoms with Crippen molar-refractivity contribution in [2.24, 2.45) is 0 Å². The Labute approximate surface area is 138 Å². The van der Waals surface area contributed by atoms with E-state index in [2.05, 4.69) is 18.7 Å². The Morgan fingerprint density at radius 3 is 1.50 bits per heavy atom. The summed E-state index contributed by atoms with van der Waals surface area (Å²) in [6.07, 6.45) is 15.2. The second-order valence-corrected chi connectivity index (χ2v) is 6.59. The van der Waals surface area contributed by atoms with Crippen LogP contribution in [0.1, 0.15) is 97.8 Å². The summed E-state index contributed by atoms with van der Waals surface area (Å²) in [4.78, 5) is 13.4. The Morgan fingerprint density at radius 2 is 1.14 bits per heavy atom. The van der Waals surface area contributed by atoms with Crippen molar-refractivity contribution in [1.82, 2.24) is 4.90 Å². The van der Waals surface area contributed by atoms with Gasteiger partial charge in [0.1, 0.15) is 6.04 Å². The molecule has 0 saturated carbocycles. The first kappa shape index (κ1) is 21.4. The van der Waals surface area contributed by atoms with Gasteiger partial charge in [-0.05, 0) is 32.9 Å². The minimum absolute atomic E-state index is 0.341. The Bertz CT molecular complexity index is 240. The molecule has 0 amide bonds. The average Bonchev–Trinajstić information content (AvgIpc) is 2.51. The van der Waals surface area contributed by atoms with Gasteiger partial charge in [0, 0.05) is 0 Å². The third kappa shape index (κ3) is 12.0. The van der Waals surface area contributed by atoms with Gasteiger partial charge in [0.15, 0.2) is 0 Å². The zero-order valence-corrected chi connectivity index (χ0v) is 15.3. The first-order chi connectivity index (χ1) is 10.6. The Balaban J connectivity index is 3.88. The topological polar surface area (TPSA) is 40.5 Å². The second kappa shape index (κ2) is 15.3. The van der Waals surface area contributed by atoms with E-state index < -0.39 is 5.97 Å². The molecule has 0 aliphatic carbocycles.